The Hall–Kier alpha value is -0.170. The first-order valence-electron chi connectivity index (χ1n) is 7.91. The molecule has 0 aromatic rings. The molecule has 1 heterocycles. The molecule has 2 aliphatic rings. The quantitative estimate of drug-likeness (QED) is 0.825. The molecule has 3 N–H and O–H groups in total. The van der Waals surface area contributed by atoms with Crippen molar-refractivity contribution in [2.45, 2.75) is 64.5 Å². The average Bonchev–Trinajstić information content (AvgIpc) is 2.36. The van der Waals surface area contributed by atoms with E-state index in [2.05, 4.69) is 18.6 Å². The zero-order valence-electron chi connectivity index (χ0n) is 12.7. The third kappa shape index (κ3) is 3.93. The second-order valence-corrected chi connectivity index (χ2v) is 8.39. The van der Waals surface area contributed by atoms with Crippen LogP contribution in [0.1, 0.15) is 52.4 Å². The van der Waals surface area contributed by atoms with Gasteiger partial charge in [0.2, 0.25) is 0 Å². The molecule has 0 amide bonds. The number of hydrogen-bond donors (Lipinski definition) is 2. The molecular formula is C14H29N3O2S. The summed E-state index contributed by atoms with van der Waals surface area (Å²) in [6.07, 6.45) is 6.00. The summed E-state index contributed by atoms with van der Waals surface area (Å²) in [5.74, 6) is 1.19. The van der Waals surface area contributed by atoms with Gasteiger partial charge in [-0.1, -0.05) is 20.3 Å². The third-order valence-corrected chi connectivity index (χ3v) is 6.38. The fraction of sp³-hybridized carbons (Fsp3) is 1.00. The zero-order valence-corrected chi connectivity index (χ0v) is 13.5. The van der Waals surface area contributed by atoms with Crippen molar-refractivity contribution in [3.05, 3.63) is 0 Å². The molecule has 2 fully saturated rings. The molecule has 5 nitrogen and oxygen atoms in total. The highest BCUT2D eigenvalue weighted by Crippen LogP contribution is 2.29. The molecule has 2 rings (SSSR count). The van der Waals surface area contributed by atoms with E-state index in [0.717, 1.165) is 32.1 Å². The van der Waals surface area contributed by atoms with Crippen LogP contribution < -0.4 is 10.5 Å². The van der Waals surface area contributed by atoms with Gasteiger partial charge in [-0.05, 0) is 43.9 Å². The van der Waals surface area contributed by atoms with Gasteiger partial charge in [0.1, 0.15) is 0 Å². The first-order valence-corrected chi connectivity index (χ1v) is 9.35. The topological polar surface area (TPSA) is 75.4 Å². The largest absolute Gasteiger partial charge is 0.329 e. The van der Waals surface area contributed by atoms with Crippen molar-refractivity contribution < 1.29 is 8.42 Å². The van der Waals surface area contributed by atoms with E-state index in [0.29, 0.717) is 24.9 Å². The summed E-state index contributed by atoms with van der Waals surface area (Å²) in [6, 6.07) is 0.0544. The number of rotatable bonds is 4. The summed E-state index contributed by atoms with van der Waals surface area (Å²) in [5, 5.41) is 0. The van der Waals surface area contributed by atoms with Gasteiger partial charge in [0.05, 0.1) is 0 Å². The molecule has 20 heavy (non-hydrogen) atoms. The van der Waals surface area contributed by atoms with Crippen LogP contribution in [-0.4, -0.2) is 37.9 Å². The second kappa shape index (κ2) is 6.73. The van der Waals surface area contributed by atoms with Crippen molar-refractivity contribution in [1.29, 1.82) is 0 Å². The van der Waals surface area contributed by atoms with Crippen LogP contribution in [0.15, 0.2) is 0 Å². The Balaban J connectivity index is 2.02. The van der Waals surface area contributed by atoms with Gasteiger partial charge < -0.3 is 5.73 Å². The van der Waals surface area contributed by atoms with Crippen molar-refractivity contribution in [3.63, 3.8) is 0 Å². The van der Waals surface area contributed by atoms with Crippen LogP contribution in [-0.2, 0) is 10.2 Å². The summed E-state index contributed by atoms with van der Waals surface area (Å²) in [4.78, 5) is 0. The number of nitrogens with two attached hydrogens (primary N) is 1. The van der Waals surface area contributed by atoms with Crippen LogP contribution in [0.25, 0.3) is 0 Å². The Morgan fingerprint density at radius 2 is 1.80 bits per heavy atom. The molecule has 6 heteroatoms. The van der Waals surface area contributed by atoms with E-state index < -0.39 is 10.2 Å². The SMILES string of the molecule is CC1CC(C)CC(NS(=O)(=O)N2CCCCC2CN)C1. The minimum absolute atomic E-state index is 0.0281. The lowest BCUT2D eigenvalue weighted by atomic mass is 9.81. The fourth-order valence-electron chi connectivity index (χ4n) is 3.85. The Kier molecular flexibility index (Phi) is 5.45. The minimum atomic E-state index is -3.39. The lowest BCUT2D eigenvalue weighted by Gasteiger charge is -2.37. The van der Waals surface area contributed by atoms with Crippen molar-refractivity contribution >= 4 is 10.2 Å². The first kappa shape index (κ1) is 16.2. The number of hydrogen-bond acceptors (Lipinski definition) is 3. The molecule has 1 saturated carbocycles. The molecule has 0 aromatic heterocycles. The lowest BCUT2D eigenvalue weighted by molar-refractivity contribution is 0.234. The summed E-state index contributed by atoms with van der Waals surface area (Å²) in [7, 11) is -3.39. The monoisotopic (exact) mass is 303 g/mol. The van der Waals surface area contributed by atoms with Crippen molar-refractivity contribution in [1.82, 2.24) is 9.03 Å². The maximum Gasteiger partial charge on any atom is 0.279 e. The predicted molar refractivity (Wildman–Crippen MR) is 81.4 cm³/mol. The van der Waals surface area contributed by atoms with E-state index in [1.807, 2.05) is 0 Å². The Labute approximate surface area is 123 Å². The van der Waals surface area contributed by atoms with E-state index in [4.69, 9.17) is 5.73 Å². The van der Waals surface area contributed by atoms with Crippen LogP contribution in [0, 0.1) is 11.8 Å². The highest BCUT2D eigenvalue weighted by Gasteiger charge is 2.34. The minimum Gasteiger partial charge on any atom is -0.329 e. The van der Waals surface area contributed by atoms with E-state index in [-0.39, 0.29) is 12.1 Å². The van der Waals surface area contributed by atoms with Gasteiger partial charge in [0.25, 0.3) is 10.2 Å². The number of piperidine rings is 1. The van der Waals surface area contributed by atoms with Crippen LogP contribution >= 0.6 is 0 Å². The molecule has 1 aliphatic heterocycles. The van der Waals surface area contributed by atoms with Crippen molar-refractivity contribution in [3.8, 4) is 0 Å². The molecule has 0 aromatic carbocycles. The number of nitrogens with zero attached hydrogens (tertiary/aromatic N) is 1. The van der Waals surface area contributed by atoms with E-state index in [1.54, 1.807) is 4.31 Å². The van der Waals surface area contributed by atoms with Gasteiger partial charge in [-0.25, -0.2) is 0 Å². The predicted octanol–water partition coefficient (Wildman–Crippen LogP) is 1.46. The molecule has 3 unspecified atom stereocenters. The van der Waals surface area contributed by atoms with Gasteiger partial charge in [-0.15, -0.1) is 0 Å². The summed E-state index contributed by atoms with van der Waals surface area (Å²) in [6.45, 7) is 5.44. The maximum absolute atomic E-state index is 12.6. The molecule has 1 saturated heterocycles. The lowest BCUT2D eigenvalue weighted by Crippen LogP contribution is -2.54. The smallest absolute Gasteiger partial charge is 0.279 e. The van der Waals surface area contributed by atoms with Crippen LogP contribution in [0.2, 0.25) is 0 Å². The van der Waals surface area contributed by atoms with E-state index in [9.17, 15) is 8.42 Å². The van der Waals surface area contributed by atoms with Crippen LogP contribution in [0.4, 0.5) is 0 Å². The molecule has 118 valence electrons. The van der Waals surface area contributed by atoms with Crippen molar-refractivity contribution in [2.24, 2.45) is 17.6 Å². The third-order valence-electron chi connectivity index (χ3n) is 4.65. The maximum atomic E-state index is 12.6. The normalized spacial score (nSPS) is 37.0. The zero-order chi connectivity index (χ0) is 14.8. The fourth-order valence-corrected chi connectivity index (χ4v) is 5.55. The highest BCUT2D eigenvalue weighted by atomic mass is 32.2. The second-order valence-electron chi connectivity index (χ2n) is 6.73. The first-order chi connectivity index (χ1) is 9.42. The standard InChI is InChI=1S/C14H29N3O2S/c1-11-7-12(2)9-13(8-11)16-20(18,19)17-6-4-3-5-14(17)10-15/h11-14,16H,3-10,15H2,1-2H3. The van der Waals surface area contributed by atoms with Gasteiger partial charge in [-0.3, -0.25) is 0 Å². The van der Waals surface area contributed by atoms with Gasteiger partial charge >= 0.3 is 0 Å². The number of nitrogens with one attached hydrogen (secondary N) is 1. The van der Waals surface area contributed by atoms with Gasteiger partial charge in [0.15, 0.2) is 0 Å². The Morgan fingerprint density at radius 1 is 1.15 bits per heavy atom. The average molecular weight is 303 g/mol. The summed E-state index contributed by atoms with van der Waals surface area (Å²) in [5.41, 5.74) is 5.73. The van der Waals surface area contributed by atoms with Gasteiger partial charge in [-0.2, -0.15) is 17.4 Å². The van der Waals surface area contributed by atoms with Crippen molar-refractivity contribution in [2.75, 3.05) is 13.1 Å². The highest BCUT2D eigenvalue weighted by molar-refractivity contribution is 7.87. The summed E-state index contributed by atoms with van der Waals surface area (Å²) < 4.78 is 29.7. The Morgan fingerprint density at radius 3 is 2.40 bits per heavy atom. The molecule has 0 bridgehead atoms. The molecule has 1 aliphatic carbocycles. The van der Waals surface area contributed by atoms with E-state index in [1.165, 1.54) is 6.42 Å². The molecule has 0 spiro atoms. The van der Waals surface area contributed by atoms with E-state index >= 15 is 0 Å². The van der Waals surface area contributed by atoms with Crippen LogP contribution in [0.3, 0.4) is 0 Å². The summed E-state index contributed by atoms with van der Waals surface area (Å²) >= 11 is 0. The molecular weight excluding hydrogens is 274 g/mol. The van der Waals surface area contributed by atoms with Crippen LogP contribution in [0.5, 0.6) is 0 Å². The Bertz CT molecular complexity index is 403. The molecule has 3 atom stereocenters. The van der Waals surface area contributed by atoms with Gasteiger partial charge in [0, 0.05) is 25.2 Å². The molecule has 0 radical (unpaired) electrons.